The first-order chi connectivity index (χ1) is 9.45. The first-order valence-corrected chi connectivity index (χ1v) is 7.97. The highest BCUT2D eigenvalue weighted by Gasteiger charge is 2.35. The molecule has 1 aromatic heterocycles. The molecule has 0 bridgehead atoms. The number of amides is 1. The van der Waals surface area contributed by atoms with Crippen molar-refractivity contribution in [3.05, 3.63) is 16.0 Å². The maximum absolute atomic E-state index is 12.3. The normalized spacial score (nSPS) is 17.6. The molecule has 0 aliphatic heterocycles. The van der Waals surface area contributed by atoms with Crippen molar-refractivity contribution in [1.82, 2.24) is 0 Å². The van der Waals surface area contributed by atoms with Crippen LogP contribution in [0.1, 0.15) is 45.9 Å². The monoisotopic (exact) mass is 359 g/mol. The van der Waals surface area contributed by atoms with Crippen LogP contribution in [0, 0.1) is 0 Å². The molecule has 0 radical (unpaired) electrons. The fraction of sp³-hybridized carbons (Fsp3) is 0.462. The van der Waals surface area contributed by atoms with Crippen LogP contribution in [-0.4, -0.2) is 29.1 Å². The number of nitrogens with one attached hydrogen (secondary N) is 1. The minimum atomic E-state index is -0.566. The fourth-order valence-electron chi connectivity index (χ4n) is 2.11. The molecule has 0 aromatic carbocycles. The molecule has 1 amide bonds. The summed E-state index contributed by atoms with van der Waals surface area (Å²) in [6.45, 7) is 3.28. The minimum Gasteiger partial charge on any atom is -0.462 e. The van der Waals surface area contributed by atoms with Crippen LogP contribution >= 0.6 is 27.3 Å². The number of hydrogen-bond donors (Lipinski definition) is 1. The molecule has 1 aliphatic rings. The van der Waals surface area contributed by atoms with Crippen molar-refractivity contribution >= 4 is 49.9 Å². The Balaban J connectivity index is 2.54. The molecular formula is C13H14BrNO4S. The molecule has 1 aromatic rings. The van der Waals surface area contributed by atoms with Gasteiger partial charge in [-0.05, 0) is 19.8 Å². The Morgan fingerprint density at radius 2 is 2.20 bits per heavy atom. The predicted molar refractivity (Wildman–Crippen MR) is 79.9 cm³/mol. The molecule has 0 spiro atoms. The van der Waals surface area contributed by atoms with Crippen LogP contribution in [0.5, 0.6) is 0 Å². The number of alkyl halides is 1. The first-order valence-electron chi connectivity index (χ1n) is 6.24. The number of aryl methyl sites for hydroxylation is 1. The van der Waals surface area contributed by atoms with E-state index >= 15 is 0 Å². The van der Waals surface area contributed by atoms with Crippen molar-refractivity contribution in [3.8, 4) is 0 Å². The van der Waals surface area contributed by atoms with Gasteiger partial charge in [0.2, 0.25) is 5.91 Å². The van der Waals surface area contributed by atoms with Gasteiger partial charge >= 0.3 is 5.97 Å². The number of Topliss-reactive ketones (excluding diaryl/α,β-unsaturated/α-hetero) is 1. The zero-order valence-corrected chi connectivity index (χ0v) is 13.5. The molecule has 1 unspecified atom stereocenters. The summed E-state index contributed by atoms with van der Waals surface area (Å²) in [5.41, 5.74) is 0.585. The van der Waals surface area contributed by atoms with Gasteiger partial charge in [0, 0.05) is 17.4 Å². The zero-order chi connectivity index (χ0) is 14.9. The molecular weight excluding hydrogens is 346 g/mol. The van der Waals surface area contributed by atoms with Gasteiger partial charge in [-0.25, -0.2) is 4.79 Å². The van der Waals surface area contributed by atoms with Gasteiger partial charge in [-0.2, -0.15) is 0 Å². The van der Waals surface area contributed by atoms with Crippen LogP contribution < -0.4 is 5.32 Å². The van der Waals surface area contributed by atoms with Crippen molar-refractivity contribution < 1.29 is 19.1 Å². The molecule has 1 N–H and O–H groups in total. The second kappa shape index (κ2) is 6.05. The third-order valence-electron chi connectivity index (χ3n) is 2.91. The van der Waals surface area contributed by atoms with Crippen LogP contribution in [-0.2, 0) is 16.0 Å². The molecule has 108 valence electrons. The Morgan fingerprint density at radius 1 is 1.50 bits per heavy atom. The summed E-state index contributed by atoms with van der Waals surface area (Å²) in [5, 5.41) is 3.02. The average molecular weight is 360 g/mol. The second-order valence-corrected chi connectivity index (χ2v) is 6.59. The van der Waals surface area contributed by atoms with E-state index in [1.807, 2.05) is 0 Å². The van der Waals surface area contributed by atoms with Gasteiger partial charge < -0.3 is 10.1 Å². The molecule has 5 nitrogen and oxygen atoms in total. The van der Waals surface area contributed by atoms with Crippen LogP contribution in [0.2, 0.25) is 0 Å². The van der Waals surface area contributed by atoms with Crippen LogP contribution in [0.25, 0.3) is 0 Å². The Morgan fingerprint density at radius 3 is 2.80 bits per heavy atom. The lowest BCUT2D eigenvalue weighted by Gasteiger charge is -2.16. The topological polar surface area (TPSA) is 72.5 Å². The van der Waals surface area contributed by atoms with Gasteiger partial charge in [-0.1, -0.05) is 15.9 Å². The number of ketones is 1. The SMILES string of the molecule is CCOC(=O)c1c(NC(C)=O)sc2c1C(=O)C(Br)CC2. The van der Waals surface area contributed by atoms with Gasteiger partial charge in [-0.15, -0.1) is 11.3 Å². The number of hydrogen-bond acceptors (Lipinski definition) is 5. The summed E-state index contributed by atoms with van der Waals surface area (Å²) in [6.07, 6.45) is 1.39. The van der Waals surface area contributed by atoms with Gasteiger partial charge in [0.1, 0.15) is 10.6 Å². The van der Waals surface area contributed by atoms with E-state index in [1.165, 1.54) is 18.3 Å². The third kappa shape index (κ3) is 2.78. The Hall–Kier alpha value is -1.21. The van der Waals surface area contributed by atoms with Crippen molar-refractivity contribution in [1.29, 1.82) is 0 Å². The highest BCUT2D eigenvalue weighted by molar-refractivity contribution is 9.10. The second-order valence-electron chi connectivity index (χ2n) is 4.38. The third-order valence-corrected chi connectivity index (χ3v) is 4.94. The van der Waals surface area contributed by atoms with Crippen LogP contribution in [0.4, 0.5) is 5.00 Å². The number of fused-ring (bicyclic) bond motifs is 1. The van der Waals surface area contributed by atoms with Crippen molar-refractivity contribution in [2.45, 2.75) is 31.5 Å². The summed E-state index contributed by atoms with van der Waals surface area (Å²) in [5.74, 6) is -0.970. The van der Waals surface area contributed by atoms with Gasteiger partial charge in [0.25, 0.3) is 0 Å². The Labute approximate surface area is 128 Å². The summed E-state index contributed by atoms with van der Waals surface area (Å²) < 4.78 is 5.01. The van der Waals surface area contributed by atoms with E-state index in [4.69, 9.17) is 4.74 Å². The van der Waals surface area contributed by atoms with Gasteiger partial charge in [0.05, 0.1) is 11.4 Å². The molecule has 7 heteroatoms. The Kier molecular flexibility index (Phi) is 4.59. The van der Waals surface area contributed by atoms with Gasteiger partial charge in [0.15, 0.2) is 5.78 Å². The zero-order valence-electron chi connectivity index (χ0n) is 11.1. The van der Waals surface area contributed by atoms with Crippen LogP contribution in [0.15, 0.2) is 0 Å². The summed E-state index contributed by atoms with van der Waals surface area (Å²) in [7, 11) is 0. The van der Waals surface area contributed by atoms with E-state index in [1.54, 1.807) is 6.92 Å². The first kappa shape index (κ1) is 15.2. The lowest BCUT2D eigenvalue weighted by molar-refractivity contribution is -0.114. The molecule has 0 saturated carbocycles. The van der Waals surface area contributed by atoms with E-state index in [0.29, 0.717) is 23.4 Å². The lowest BCUT2D eigenvalue weighted by Crippen LogP contribution is -2.24. The molecule has 20 heavy (non-hydrogen) atoms. The number of carbonyl (C=O) groups excluding carboxylic acids is 3. The molecule has 1 heterocycles. The largest absolute Gasteiger partial charge is 0.462 e. The molecule has 1 atom stereocenters. The summed E-state index contributed by atoms with van der Waals surface area (Å²) >= 11 is 4.60. The standard InChI is InChI=1S/C13H14BrNO4S/c1-3-19-13(18)10-9-8(5-4-7(14)11(9)17)20-12(10)15-6(2)16/h7H,3-5H2,1-2H3,(H,15,16). The maximum Gasteiger partial charge on any atom is 0.341 e. The number of rotatable bonds is 3. The smallest absolute Gasteiger partial charge is 0.341 e. The lowest BCUT2D eigenvalue weighted by atomic mass is 9.94. The predicted octanol–water partition coefficient (Wildman–Crippen LogP) is 2.78. The van der Waals surface area contributed by atoms with E-state index in [2.05, 4.69) is 21.2 Å². The number of esters is 1. The maximum atomic E-state index is 12.3. The Bertz CT molecular complexity index is 581. The van der Waals surface area contributed by atoms with Crippen LogP contribution in [0.3, 0.4) is 0 Å². The highest BCUT2D eigenvalue weighted by Crippen LogP contribution is 2.40. The van der Waals surface area contributed by atoms with E-state index in [-0.39, 0.29) is 28.7 Å². The molecule has 0 fully saturated rings. The van der Waals surface area contributed by atoms with Crippen molar-refractivity contribution in [2.24, 2.45) is 0 Å². The molecule has 0 saturated heterocycles. The van der Waals surface area contributed by atoms with E-state index in [0.717, 1.165) is 4.88 Å². The number of thiophene rings is 1. The molecule has 1 aliphatic carbocycles. The quantitative estimate of drug-likeness (QED) is 0.665. The van der Waals surface area contributed by atoms with E-state index in [9.17, 15) is 14.4 Å². The van der Waals surface area contributed by atoms with Crippen molar-refractivity contribution in [2.75, 3.05) is 11.9 Å². The average Bonchev–Trinajstić information content (AvgIpc) is 2.72. The molecule has 2 rings (SSSR count). The number of halogens is 1. The fourth-order valence-corrected chi connectivity index (χ4v) is 3.82. The minimum absolute atomic E-state index is 0.123. The number of anilines is 1. The number of carbonyl (C=O) groups is 3. The van der Waals surface area contributed by atoms with Crippen molar-refractivity contribution in [3.63, 3.8) is 0 Å². The summed E-state index contributed by atoms with van der Waals surface area (Å²) in [4.78, 5) is 36.2. The highest BCUT2D eigenvalue weighted by atomic mass is 79.9. The summed E-state index contributed by atoms with van der Waals surface area (Å²) in [6, 6.07) is 0. The number of ether oxygens (including phenoxy) is 1. The van der Waals surface area contributed by atoms with E-state index < -0.39 is 5.97 Å². The van der Waals surface area contributed by atoms with Gasteiger partial charge in [-0.3, -0.25) is 9.59 Å².